The third kappa shape index (κ3) is 3.36. The minimum atomic E-state index is -0.395. The van der Waals surface area contributed by atoms with Crippen LogP contribution in [-0.4, -0.2) is 41.0 Å². The number of amides is 2. The first-order valence-corrected chi connectivity index (χ1v) is 6.82. The molecule has 108 valence electrons. The number of nitrogens with zero attached hydrogens (tertiary/aromatic N) is 1. The standard InChI is InChI=1S/C15H20N2O3/c1-10(18)12-4-3-5-14(8-12)16-15(20)17-7-6-13(9-17)11(2)19/h3-5,8,11,13,19H,6-7,9H2,1-2H3,(H,16,20). The van der Waals surface area contributed by atoms with Gasteiger partial charge in [-0.1, -0.05) is 12.1 Å². The summed E-state index contributed by atoms with van der Waals surface area (Å²) in [6.07, 6.45) is 0.423. The number of carbonyl (C=O) groups excluding carboxylic acids is 2. The van der Waals surface area contributed by atoms with Gasteiger partial charge in [0.25, 0.3) is 0 Å². The summed E-state index contributed by atoms with van der Waals surface area (Å²) in [5.74, 6) is 0.112. The summed E-state index contributed by atoms with van der Waals surface area (Å²) < 4.78 is 0. The van der Waals surface area contributed by atoms with Crippen molar-refractivity contribution < 1.29 is 14.7 Å². The highest BCUT2D eigenvalue weighted by Gasteiger charge is 2.29. The Bertz CT molecular complexity index is 514. The number of urea groups is 1. The molecule has 0 bridgehead atoms. The molecule has 5 heteroatoms. The van der Waals surface area contributed by atoms with Crippen LogP contribution in [0, 0.1) is 5.92 Å². The third-order valence-corrected chi connectivity index (χ3v) is 3.71. The number of carbonyl (C=O) groups is 2. The molecule has 1 heterocycles. The van der Waals surface area contributed by atoms with Gasteiger partial charge in [-0.25, -0.2) is 4.79 Å². The zero-order chi connectivity index (χ0) is 14.7. The van der Waals surface area contributed by atoms with Gasteiger partial charge in [0.1, 0.15) is 0 Å². The van der Waals surface area contributed by atoms with Gasteiger partial charge in [0.05, 0.1) is 6.10 Å². The van der Waals surface area contributed by atoms with E-state index in [9.17, 15) is 14.7 Å². The second-order valence-electron chi connectivity index (χ2n) is 5.30. The number of aliphatic hydroxyl groups is 1. The van der Waals surface area contributed by atoms with Gasteiger partial charge < -0.3 is 15.3 Å². The van der Waals surface area contributed by atoms with Crippen LogP contribution in [0.3, 0.4) is 0 Å². The summed E-state index contributed by atoms with van der Waals surface area (Å²) in [5.41, 5.74) is 1.19. The predicted molar refractivity (Wildman–Crippen MR) is 76.8 cm³/mol. The van der Waals surface area contributed by atoms with Crippen LogP contribution in [0.2, 0.25) is 0 Å². The van der Waals surface area contributed by atoms with Gasteiger partial charge in [-0.05, 0) is 32.4 Å². The Morgan fingerprint density at radius 2 is 2.20 bits per heavy atom. The molecule has 0 aliphatic carbocycles. The van der Waals surface area contributed by atoms with Gasteiger partial charge in [-0.3, -0.25) is 4.79 Å². The number of likely N-dealkylation sites (tertiary alicyclic amines) is 1. The molecular formula is C15H20N2O3. The predicted octanol–water partition coefficient (Wildman–Crippen LogP) is 2.12. The van der Waals surface area contributed by atoms with Crippen LogP contribution in [0.1, 0.15) is 30.6 Å². The molecule has 2 amide bonds. The number of hydrogen-bond donors (Lipinski definition) is 2. The highest BCUT2D eigenvalue weighted by Crippen LogP contribution is 2.21. The van der Waals surface area contributed by atoms with Crippen LogP contribution in [0.25, 0.3) is 0 Å². The fourth-order valence-electron chi connectivity index (χ4n) is 2.38. The van der Waals surface area contributed by atoms with Crippen molar-refractivity contribution in [2.24, 2.45) is 5.92 Å². The maximum Gasteiger partial charge on any atom is 0.321 e. The molecule has 20 heavy (non-hydrogen) atoms. The lowest BCUT2D eigenvalue weighted by molar-refractivity contribution is 0.101. The van der Waals surface area contributed by atoms with Gasteiger partial charge in [0.2, 0.25) is 0 Å². The van der Waals surface area contributed by atoms with Crippen molar-refractivity contribution in [1.82, 2.24) is 4.90 Å². The van der Waals surface area contributed by atoms with Gasteiger partial charge >= 0.3 is 6.03 Å². The first-order valence-electron chi connectivity index (χ1n) is 6.82. The molecule has 2 rings (SSSR count). The van der Waals surface area contributed by atoms with Crippen LogP contribution >= 0.6 is 0 Å². The molecule has 1 saturated heterocycles. The van der Waals surface area contributed by atoms with Crippen molar-refractivity contribution in [2.45, 2.75) is 26.4 Å². The van der Waals surface area contributed by atoms with Crippen LogP contribution in [0.5, 0.6) is 0 Å². The van der Waals surface area contributed by atoms with Crippen LogP contribution in [0.4, 0.5) is 10.5 Å². The van der Waals surface area contributed by atoms with E-state index in [0.717, 1.165) is 6.42 Å². The quantitative estimate of drug-likeness (QED) is 0.831. The second kappa shape index (κ2) is 6.05. The largest absolute Gasteiger partial charge is 0.393 e. The van der Waals surface area contributed by atoms with Crippen LogP contribution in [-0.2, 0) is 0 Å². The SMILES string of the molecule is CC(=O)c1cccc(NC(=O)N2CCC(C(C)O)C2)c1. The number of ketones is 1. The topological polar surface area (TPSA) is 69.6 Å². The third-order valence-electron chi connectivity index (χ3n) is 3.71. The molecule has 0 radical (unpaired) electrons. The lowest BCUT2D eigenvalue weighted by Crippen LogP contribution is -2.34. The molecule has 1 fully saturated rings. The van der Waals surface area contributed by atoms with E-state index in [0.29, 0.717) is 24.3 Å². The maximum absolute atomic E-state index is 12.1. The molecular weight excluding hydrogens is 256 g/mol. The monoisotopic (exact) mass is 276 g/mol. The van der Waals surface area contributed by atoms with Crippen molar-refractivity contribution in [1.29, 1.82) is 0 Å². The molecule has 0 saturated carbocycles. The summed E-state index contributed by atoms with van der Waals surface area (Å²) >= 11 is 0. The number of aliphatic hydroxyl groups excluding tert-OH is 1. The number of rotatable bonds is 3. The van der Waals surface area contributed by atoms with E-state index in [1.807, 2.05) is 0 Å². The Hall–Kier alpha value is -1.88. The smallest absolute Gasteiger partial charge is 0.321 e. The summed E-state index contributed by atoms with van der Waals surface area (Å²) in [7, 11) is 0. The molecule has 1 aliphatic heterocycles. The lowest BCUT2D eigenvalue weighted by atomic mass is 10.0. The normalized spacial score (nSPS) is 19.8. The lowest BCUT2D eigenvalue weighted by Gasteiger charge is -2.18. The molecule has 1 aromatic carbocycles. The number of benzene rings is 1. The average Bonchev–Trinajstić information content (AvgIpc) is 2.88. The van der Waals surface area contributed by atoms with Crippen molar-refractivity contribution in [3.63, 3.8) is 0 Å². The van der Waals surface area contributed by atoms with Crippen molar-refractivity contribution in [3.05, 3.63) is 29.8 Å². The zero-order valence-electron chi connectivity index (χ0n) is 11.8. The van der Waals surface area contributed by atoms with Gasteiger partial charge in [-0.15, -0.1) is 0 Å². The van der Waals surface area contributed by atoms with Crippen molar-refractivity contribution >= 4 is 17.5 Å². The molecule has 2 atom stereocenters. The minimum Gasteiger partial charge on any atom is -0.393 e. The summed E-state index contributed by atoms with van der Waals surface area (Å²) in [6, 6.07) is 6.70. The Kier molecular flexibility index (Phi) is 4.39. The van der Waals surface area contributed by atoms with E-state index >= 15 is 0 Å². The molecule has 0 spiro atoms. The van der Waals surface area contributed by atoms with E-state index in [4.69, 9.17) is 0 Å². The highest BCUT2D eigenvalue weighted by molar-refractivity contribution is 5.96. The van der Waals surface area contributed by atoms with Gasteiger partial charge in [-0.2, -0.15) is 0 Å². The Morgan fingerprint density at radius 3 is 2.80 bits per heavy atom. The first kappa shape index (κ1) is 14.5. The van der Waals surface area contributed by atoms with Gasteiger partial charge in [0.15, 0.2) is 5.78 Å². The van der Waals surface area contributed by atoms with Gasteiger partial charge in [0, 0.05) is 30.3 Å². The second-order valence-corrected chi connectivity index (χ2v) is 5.30. The first-order chi connectivity index (χ1) is 9.47. The zero-order valence-corrected chi connectivity index (χ0v) is 11.8. The molecule has 1 aliphatic rings. The highest BCUT2D eigenvalue weighted by atomic mass is 16.3. The number of nitrogens with one attached hydrogen (secondary N) is 1. The fraction of sp³-hybridized carbons (Fsp3) is 0.467. The van der Waals surface area contributed by atoms with E-state index in [-0.39, 0.29) is 17.7 Å². The molecule has 0 aromatic heterocycles. The van der Waals surface area contributed by atoms with E-state index in [1.165, 1.54) is 6.92 Å². The molecule has 5 nitrogen and oxygen atoms in total. The Morgan fingerprint density at radius 1 is 1.45 bits per heavy atom. The fourth-order valence-corrected chi connectivity index (χ4v) is 2.38. The summed E-state index contributed by atoms with van der Waals surface area (Å²) in [4.78, 5) is 25.1. The Labute approximate surface area is 118 Å². The molecule has 2 unspecified atom stereocenters. The average molecular weight is 276 g/mol. The van der Waals surface area contributed by atoms with Crippen molar-refractivity contribution in [3.8, 4) is 0 Å². The maximum atomic E-state index is 12.1. The minimum absolute atomic E-state index is 0.0311. The summed E-state index contributed by atoms with van der Waals surface area (Å²) in [6.45, 7) is 4.46. The van der Waals surface area contributed by atoms with Crippen molar-refractivity contribution in [2.75, 3.05) is 18.4 Å². The van der Waals surface area contributed by atoms with E-state index < -0.39 is 6.10 Å². The van der Waals surface area contributed by atoms with Crippen LogP contribution < -0.4 is 5.32 Å². The Balaban J connectivity index is 1.98. The van der Waals surface area contributed by atoms with E-state index in [1.54, 1.807) is 36.1 Å². The molecule has 2 N–H and O–H groups in total. The van der Waals surface area contributed by atoms with E-state index in [2.05, 4.69) is 5.32 Å². The number of hydrogen-bond acceptors (Lipinski definition) is 3. The number of Topliss-reactive ketones (excluding diaryl/α,β-unsaturated/α-hetero) is 1. The van der Waals surface area contributed by atoms with Crippen LogP contribution in [0.15, 0.2) is 24.3 Å². The molecule has 1 aromatic rings. The number of anilines is 1. The summed E-state index contributed by atoms with van der Waals surface area (Å²) in [5, 5.41) is 12.3.